The second-order valence-electron chi connectivity index (χ2n) is 4.78. The Morgan fingerprint density at radius 2 is 2.10 bits per heavy atom. The van der Waals surface area contributed by atoms with E-state index in [1.54, 1.807) is 18.3 Å². The van der Waals surface area contributed by atoms with Gasteiger partial charge in [0, 0.05) is 29.9 Å². The lowest BCUT2D eigenvalue weighted by molar-refractivity contribution is -0.383. The normalized spacial score (nSPS) is 10.7. The number of rotatable bonds is 7. The molecule has 1 heterocycles. The van der Waals surface area contributed by atoms with Crippen LogP contribution in [0.1, 0.15) is 32.6 Å². The smallest absolute Gasteiger partial charge is 0.295 e. The summed E-state index contributed by atoms with van der Waals surface area (Å²) in [5.41, 5.74) is 1.41. The van der Waals surface area contributed by atoms with Crippen molar-refractivity contribution in [3.05, 3.63) is 40.6 Å². The number of nitro groups is 1. The Kier molecular flexibility index (Phi) is 4.87. The second kappa shape index (κ2) is 6.84. The predicted molar refractivity (Wildman–Crippen MR) is 81.0 cm³/mol. The van der Waals surface area contributed by atoms with Crippen molar-refractivity contribution >= 4 is 22.3 Å². The largest absolute Gasteiger partial charge is 0.384 e. The van der Waals surface area contributed by atoms with Crippen LogP contribution in [0.2, 0.25) is 0 Å². The van der Waals surface area contributed by atoms with Crippen LogP contribution in [-0.2, 0) is 0 Å². The molecule has 106 valence electrons. The van der Waals surface area contributed by atoms with Crippen LogP contribution in [0, 0.1) is 10.1 Å². The Morgan fingerprint density at radius 1 is 1.25 bits per heavy atom. The molecule has 0 radical (unpaired) electrons. The molecule has 0 aliphatic rings. The molecule has 0 amide bonds. The Hall–Kier alpha value is -2.17. The monoisotopic (exact) mass is 273 g/mol. The van der Waals surface area contributed by atoms with Crippen LogP contribution in [0.3, 0.4) is 0 Å². The van der Waals surface area contributed by atoms with Crippen molar-refractivity contribution in [3.63, 3.8) is 0 Å². The zero-order chi connectivity index (χ0) is 14.4. The van der Waals surface area contributed by atoms with Gasteiger partial charge in [0.1, 0.15) is 5.52 Å². The quantitative estimate of drug-likeness (QED) is 0.468. The van der Waals surface area contributed by atoms with Crippen molar-refractivity contribution in [2.75, 3.05) is 11.9 Å². The summed E-state index contributed by atoms with van der Waals surface area (Å²) in [6.45, 7) is 3.06. The van der Waals surface area contributed by atoms with E-state index in [4.69, 9.17) is 0 Å². The van der Waals surface area contributed by atoms with Gasteiger partial charge in [0.2, 0.25) is 0 Å². The van der Waals surface area contributed by atoms with Crippen LogP contribution in [0.4, 0.5) is 11.4 Å². The molecule has 0 saturated heterocycles. The Balaban J connectivity index is 2.18. The molecule has 0 bridgehead atoms. The molecule has 2 aromatic rings. The maximum atomic E-state index is 11.0. The average molecular weight is 273 g/mol. The summed E-state index contributed by atoms with van der Waals surface area (Å²) in [7, 11) is 0. The van der Waals surface area contributed by atoms with Gasteiger partial charge in [0.25, 0.3) is 5.69 Å². The van der Waals surface area contributed by atoms with Crippen molar-refractivity contribution in [2.45, 2.75) is 32.6 Å². The highest BCUT2D eigenvalue weighted by Gasteiger charge is 2.14. The van der Waals surface area contributed by atoms with Crippen molar-refractivity contribution in [2.24, 2.45) is 0 Å². The Morgan fingerprint density at radius 3 is 2.85 bits per heavy atom. The van der Waals surface area contributed by atoms with Gasteiger partial charge in [0.05, 0.1) is 4.92 Å². The standard InChI is InChI=1S/C15H19N3O2/c1-2-3-4-5-10-16-13-8-9-14(18(19)20)15-12(13)7-6-11-17-15/h6-9,11,16H,2-5,10H2,1H3. The number of nitro benzene ring substituents is 1. The molecule has 0 fully saturated rings. The van der Waals surface area contributed by atoms with E-state index >= 15 is 0 Å². The Labute approximate surface area is 118 Å². The van der Waals surface area contributed by atoms with E-state index in [-0.39, 0.29) is 10.6 Å². The fourth-order valence-corrected chi connectivity index (χ4v) is 2.23. The topological polar surface area (TPSA) is 68.1 Å². The van der Waals surface area contributed by atoms with Crippen LogP contribution in [0.15, 0.2) is 30.5 Å². The van der Waals surface area contributed by atoms with Gasteiger partial charge in [-0.15, -0.1) is 0 Å². The number of unbranched alkanes of at least 4 members (excludes halogenated alkanes) is 3. The molecule has 2 rings (SSSR count). The van der Waals surface area contributed by atoms with Crippen LogP contribution < -0.4 is 5.32 Å². The summed E-state index contributed by atoms with van der Waals surface area (Å²) in [5.74, 6) is 0. The number of nitrogens with zero attached hydrogens (tertiary/aromatic N) is 2. The summed E-state index contributed by atoms with van der Waals surface area (Å²) >= 11 is 0. The van der Waals surface area contributed by atoms with Crippen LogP contribution >= 0.6 is 0 Å². The minimum absolute atomic E-state index is 0.0529. The van der Waals surface area contributed by atoms with Crippen molar-refractivity contribution in [1.29, 1.82) is 0 Å². The SMILES string of the molecule is CCCCCCNc1ccc([N+](=O)[O-])c2ncccc12. The molecule has 1 aromatic heterocycles. The molecule has 0 saturated carbocycles. The highest BCUT2D eigenvalue weighted by molar-refractivity contribution is 5.96. The molecule has 0 spiro atoms. The lowest BCUT2D eigenvalue weighted by Crippen LogP contribution is -2.03. The van der Waals surface area contributed by atoms with Crippen molar-refractivity contribution in [3.8, 4) is 0 Å². The van der Waals surface area contributed by atoms with Gasteiger partial charge in [-0.25, -0.2) is 4.98 Å². The van der Waals surface area contributed by atoms with Crippen molar-refractivity contribution in [1.82, 2.24) is 4.98 Å². The van der Waals surface area contributed by atoms with E-state index in [0.717, 1.165) is 24.0 Å². The van der Waals surface area contributed by atoms with Gasteiger partial charge >= 0.3 is 0 Å². The number of non-ortho nitro benzene ring substituents is 1. The van der Waals surface area contributed by atoms with Gasteiger partial charge in [-0.05, 0) is 24.6 Å². The van der Waals surface area contributed by atoms with E-state index in [1.807, 2.05) is 6.07 Å². The number of benzene rings is 1. The minimum atomic E-state index is -0.389. The molecule has 0 aliphatic carbocycles. The second-order valence-corrected chi connectivity index (χ2v) is 4.78. The van der Waals surface area contributed by atoms with Crippen LogP contribution in [0.5, 0.6) is 0 Å². The first-order valence-electron chi connectivity index (χ1n) is 7.00. The third-order valence-electron chi connectivity index (χ3n) is 3.29. The number of aromatic nitrogens is 1. The van der Waals surface area contributed by atoms with Gasteiger partial charge in [-0.3, -0.25) is 10.1 Å². The first-order chi connectivity index (χ1) is 9.74. The van der Waals surface area contributed by atoms with E-state index in [2.05, 4.69) is 17.2 Å². The van der Waals surface area contributed by atoms with E-state index < -0.39 is 0 Å². The molecular formula is C15H19N3O2. The molecule has 0 aliphatic heterocycles. The van der Waals surface area contributed by atoms with E-state index in [1.165, 1.54) is 25.3 Å². The number of fused-ring (bicyclic) bond motifs is 1. The van der Waals surface area contributed by atoms with Crippen molar-refractivity contribution < 1.29 is 4.92 Å². The molecule has 1 aromatic carbocycles. The van der Waals surface area contributed by atoms with Gasteiger partial charge < -0.3 is 5.32 Å². The zero-order valence-electron chi connectivity index (χ0n) is 11.6. The summed E-state index contributed by atoms with van der Waals surface area (Å²) in [4.78, 5) is 14.8. The molecular weight excluding hydrogens is 254 g/mol. The number of anilines is 1. The minimum Gasteiger partial charge on any atom is -0.384 e. The fraction of sp³-hybridized carbons (Fsp3) is 0.400. The molecule has 5 heteroatoms. The first kappa shape index (κ1) is 14.2. The van der Waals surface area contributed by atoms with Crippen LogP contribution in [-0.4, -0.2) is 16.5 Å². The van der Waals surface area contributed by atoms with E-state index in [0.29, 0.717) is 5.52 Å². The number of pyridine rings is 1. The Bertz CT molecular complexity index is 599. The predicted octanol–water partition coefficient (Wildman–Crippen LogP) is 4.14. The van der Waals surface area contributed by atoms with Crippen LogP contribution in [0.25, 0.3) is 10.9 Å². The molecule has 20 heavy (non-hydrogen) atoms. The number of nitrogens with one attached hydrogen (secondary N) is 1. The summed E-state index contributed by atoms with van der Waals surface area (Å²) in [5, 5.41) is 15.2. The number of hydrogen-bond acceptors (Lipinski definition) is 4. The molecule has 1 N–H and O–H groups in total. The zero-order valence-corrected chi connectivity index (χ0v) is 11.6. The lowest BCUT2D eigenvalue weighted by Gasteiger charge is -2.09. The van der Waals surface area contributed by atoms with Gasteiger partial charge in [-0.2, -0.15) is 0 Å². The van der Waals surface area contributed by atoms with E-state index in [9.17, 15) is 10.1 Å². The highest BCUT2D eigenvalue weighted by atomic mass is 16.6. The summed E-state index contributed by atoms with van der Waals surface area (Å²) in [6, 6.07) is 6.95. The third kappa shape index (κ3) is 3.23. The summed E-state index contributed by atoms with van der Waals surface area (Å²) in [6.07, 6.45) is 6.34. The molecule has 0 unspecified atom stereocenters. The lowest BCUT2D eigenvalue weighted by atomic mass is 10.1. The molecule has 5 nitrogen and oxygen atoms in total. The maximum absolute atomic E-state index is 11.0. The fourth-order valence-electron chi connectivity index (χ4n) is 2.23. The van der Waals surface area contributed by atoms with Gasteiger partial charge in [0.15, 0.2) is 0 Å². The average Bonchev–Trinajstić information content (AvgIpc) is 2.46. The number of hydrogen-bond donors (Lipinski definition) is 1. The summed E-state index contributed by atoms with van der Waals surface area (Å²) < 4.78 is 0. The highest BCUT2D eigenvalue weighted by Crippen LogP contribution is 2.29. The third-order valence-corrected chi connectivity index (χ3v) is 3.29. The van der Waals surface area contributed by atoms with Gasteiger partial charge in [-0.1, -0.05) is 26.2 Å². The molecule has 0 atom stereocenters. The first-order valence-corrected chi connectivity index (χ1v) is 7.00. The maximum Gasteiger partial charge on any atom is 0.295 e.